The Morgan fingerprint density at radius 3 is 2.67 bits per heavy atom. The SMILES string of the molecule is CCC1C(=O)N(c2cccc(-c3ncn(C)n3)c2)C(=O)N1C1CC1. The number of hydrogen-bond acceptors (Lipinski definition) is 4. The van der Waals surface area contributed by atoms with E-state index in [1.807, 2.05) is 19.1 Å². The molecular weight excluding hydrogens is 306 g/mol. The van der Waals surface area contributed by atoms with E-state index in [-0.39, 0.29) is 24.0 Å². The van der Waals surface area contributed by atoms with Crippen molar-refractivity contribution in [2.24, 2.45) is 7.05 Å². The Balaban J connectivity index is 1.70. The minimum Gasteiger partial charge on any atom is -0.309 e. The van der Waals surface area contributed by atoms with Gasteiger partial charge < -0.3 is 4.90 Å². The van der Waals surface area contributed by atoms with Gasteiger partial charge in [-0.1, -0.05) is 19.1 Å². The van der Waals surface area contributed by atoms with Crippen molar-refractivity contribution in [1.82, 2.24) is 19.7 Å². The standard InChI is InChI=1S/C17H19N5O2/c1-3-14-16(23)22(17(24)21(14)12-7-8-12)13-6-4-5-11(9-13)15-18-10-20(2)19-15/h4-6,9-10,12,14H,3,7-8H2,1-2H3. The molecule has 1 aliphatic heterocycles. The van der Waals surface area contributed by atoms with Gasteiger partial charge in [-0.05, 0) is 31.4 Å². The van der Waals surface area contributed by atoms with Crippen LogP contribution in [0.1, 0.15) is 26.2 Å². The van der Waals surface area contributed by atoms with Gasteiger partial charge in [0.05, 0.1) is 5.69 Å². The van der Waals surface area contributed by atoms with Crippen LogP contribution in [0.15, 0.2) is 30.6 Å². The summed E-state index contributed by atoms with van der Waals surface area (Å²) in [5.74, 6) is 0.435. The molecule has 7 nitrogen and oxygen atoms in total. The molecule has 3 amide bonds. The van der Waals surface area contributed by atoms with Gasteiger partial charge in [0, 0.05) is 18.7 Å². The van der Waals surface area contributed by atoms with Crippen LogP contribution in [0.25, 0.3) is 11.4 Å². The zero-order valence-electron chi connectivity index (χ0n) is 13.7. The molecular formula is C17H19N5O2. The lowest BCUT2D eigenvalue weighted by Crippen LogP contribution is -2.36. The lowest BCUT2D eigenvalue weighted by molar-refractivity contribution is -0.119. The fourth-order valence-electron chi connectivity index (χ4n) is 3.24. The molecule has 2 aromatic rings. The van der Waals surface area contributed by atoms with Crippen LogP contribution in [0, 0.1) is 0 Å². The number of anilines is 1. The third-order valence-electron chi connectivity index (χ3n) is 4.54. The summed E-state index contributed by atoms with van der Waals surface area (Å²) in [7, 11) is 1.80. The first-order chi connectivity index (χ1) is 11.6. The number of hydrogen-bond donors (Lipinski definition) is 0. The van der Waals surface area contributed by atoms with Gasteiger partial charge in [0.1, 0.15) is 12.4 Å². The van der Waals surface area contributed by atoms with Crippen LogP contribution in [0.2, 0.25) is 0 Å². The Bertz CT molecular complexity index is 811. The zero-order valence-corrected chi connectivity index (χ0v) is 13.7. The molecule has 1 saturated heterocycles. The van der Waals surface area contributed by atoms with Gasteiger partial charge in [0.2, 0.25) is 0 Å². The molecule has 0 bridgehead atoms. The van der Waals surface area contributed by atoms with E-state index in [2.05, 4.69) is 10.1 Å². The van der Waals surface area contributed by atoms with Gasteiger partial charge in [0.15, 0.2) is 5.82 Å². The maximum Gasteiger partial charge on any atom is 0.332 e. The number of nitrogens with zero attached hydrogens (tertiary/aromatic N) is 5. The number of carbonyl (C=O) groups is 2. The Labute approximate surface area is 139 Å². The second-order valence-corrected chi connectivity index (χ2v) is 6.31. The molecule has 1 aromatic heterocycles. The highest BCUT2D eigenvalue weighted by atomic mass is 16.2. The maximum atomic E-state index is 12.8. The number of imide groups is 1. The molecule has 2 fully saturated rings. The smallest absolute Gasteiger partial charge is 0.309 e. The predicted molar refractivity (Wildman–Crippen MR) is 88.3 cm³/mol. The zero-order chi connectivity index (χ0) is 16.8. The van der Waals surface area contributed by atoms with Gasteiger partial charge in [-0.3, -0.25) is 9.48 Å². The van der Waals surface area contributed by atoms with Crippen LogP contribution >= 0.6 is 0 Å². The number of rotatable bonds is 4. The molecule has 1 aromatic carbocycles. The van der Waals surface area contributed by atoms with E-state index in [0.717, 1.165) is 18.4 Å². The lowest BCUT2D eigenvalue weighted by Gasteiger charge is -2.20. The molecule has 24 heavy (non-hydrogen) atoms. The number of benzene rings is 1. The third-order valence-corrected chi connectivity index (χ3v) is 4.54. The number of aromatic nitrogens is 3. The predicted octanol–water partition coefficient (Wildman–Crippen LogP) is 2.19. The van der Waals surface area contributed by atoms with Crippen molar-refractivity contribution in [3.05, 3.63) is 30.6 Å². The molecule has 1 unspecified atom stereocenters. The summed E-state index contributed by atoms with van der Waals surface area (Å²) < 4.78 is 1.62. The van der Waals surface area contributed by atoms with Crippen molar-refractivity contribution in [3.63, 3.8) is 0 Å². The number of aryl methyl sites for hydroxylation is 1. The first-order valence-corrected chi connectivity index (χ1v) is 8.22. The molecule has 1 saturated carbocycles. The highest BCUT2D eigenvalue weighted by molar-refractivity contribution is 6.21. The van der Waals surface area contributed by atoms with E-state index in [1.165, 1.54) is 4.90 Å². The Morgan fingerprint density at radius 1 is 1.25 bits per heavy atom. The van der Waals surface area contributed by atoms with Crippen molar-refractivity contribution in [3.8, 4) is 11.4 Å². The van der Waals surface area contributed by atoms with Crippen molar-refractivity contribution < 1.29 is 9.59 Å². The second kappa shape index (κ2) is 5.43. The van der Waals surface area contributed by atoms with E-state index in [1.54, 1.807) is 35.1 Å². The van der Waals surface area contributed by atoms with Gasteiger partial charge in [-0.25, -0.2) is 14.7 Å². The topological polar surface area (TPSA) is 71.3 Å². The quantitative estimate of drug-likeness (QED) is 0.808. The van der Waals surface area contributed by atoms with Gasteiger partial charge in [-0.15, -0.1) is 0 Å². The lowest BCUT2D eigenvalue weighted by atomic mass is 10.1. The first kappa shape index (κ1) is 14.9. The highest BCUT2D eigenvalue weighted by Crippen LogP contribution is 2.37. The third kappa shape index (κ3) is 2.28. The van der Waals surface area contributed by atoms with Crippen LogP contribution in [0.3, 0.4) is 0 Å². The normalized spacial score (nSPS) is 21.0. The molecule has 124 valence electrons. The summed E-state index contributed by atoms with van der Waals surface area (Å²) in [6, 6.07) is 6.95. The Kier molecular flexibility index (Phi) is 3.37. The highest BCUT2D eigenvalue weighted by Gasteiger charge is 2.50. The average Bonchev–Trinajstić information content (AvgIpc) is 3.26. The summed E-state index contributed by atoms with van der Waals surface area (Å²) in [6.45, 7) is 1.95. The fourth-order valence-corrected chi connectivity index (χ4v) is 3.24. The average molecular weight is 325 g/mol. The van der Waals surface area contributed by atoms with Crippen LogP contribution in [-0.4, -0.2) is 43.7 Å². The number of carbonyl (C=O) groups excluding carboxylic acids is 2. The summed E-state index contributed by atoms with van der Waals surface area (Å²) in [5, 5.41) is 4.28. The van der Waals surface area contributed by atoms with Gasteiger partial charge in [-0.2, -0.15) is 5.10 Å². The molecule has 1 atom stereocenters. The fraction of sp³-hybridized carbons (Fsp3) is 0.412. The molecule has 0 N–H and O–H groups in total. The minimum atomic E-state index is -0.346. The van der Waals surface area contributed by atoms with E-state index in [9.17, 15) is 9.59 Å². The molecule has 7 heteroatoms. The summed E-state index contributed by atoms with van der Waals surface area (Å²) >= 11 is 0. The number of urea groups is 1. The molecule has 0 spiro atoms. The second-order valence-electron chi connectivity index (χ2n) is 6.31. The van der Waals surface area contributed by atoms with Crippen LogP contribution in [0.5, 0.6) is 0 Å². The summed E-state index contributed by atoms with van der Waals surface area (Å²) in [5.41, 5.74) is 1.36. The van der Waals surface area contributed by atoms with Gasteiger partial charge in [0.25, 0.3) is 5.91 Å². The summed E-state index contributed by atoms with van der Waals surface area (Å²) in [6.07, 6.45) is 4.23. The van der Waals surface area contributed by atoms with E-state index in [0.29, 0.717) is 17.9 Å². The summed E-state index contributed by atoms with van der Waals surface area (Å²) in [4.78, 5) is 32.9. The largest absolute Gasteiger partial charge is 0.332 e. The van der Waals surface area contributed by atoms with Gasteiger partial charge >= 0.3 is 6.03 Å². The molecule has 0 radical (unpaired) electrons. The maximum absolute atomic E-state index is 12.8. The number of amides is 3. The molecule has 1 aliphatic carbocycles. The van der Waals surface area contributed by atoms with E-state index >= 15 is 0 Å². The minimum absolute atomic E-state index is 0.138. The van der Waals surface area contributed by atoms with Crippen LogP contribution < -0.4 is 4.90 Å². The first-order valence-electron chi connectivity index (χ1n) is 8.22. The van der Waals surface area contributed by atoms with E-state index < -0.39 is 0 Å². The van der Waals surface area contributed by atoms with Crippen LogP contribution in [-0.2, 0) is 11.8 Å². The molecule has 2 heterocycles. The van der Waals surface area contributed by atoms with Crippen LogP contribution in [0.4, 0.5) is 10.5 Å². The molecule has 2 aliphatic rings. The van der Waals surface area contributed by atoms with Crippen molar-refractivity contribution in [2.75, 3.05) is 4.90 Å². The monoisotopic (exact) mass is 325 g/mol. The Hall–Kier alpha value is -2.70. The Morgan fingerprint density at radius 2 is 2.04 bits per heavy atom. The van der Waals surface area contributed by atoms with Crippen molar-refractivity contribution >= 4 is 17.6 Å². The van der Waals surface area contributed by atoms with E-state index in [4.69, 9.17) is 0 Å². The van der Waals surface area contributed by atoms with Crippen molar-refractivity contribution in [1.29, 1.82) is 0 Å². The van der Waals surface area contributed by atoms with Crippen molar-refractivity contribution in [2.45, 2.75) is 38.3 Å². The molecule has 4 rings (SSSR count).